The van der Waals surface area contributed by atoms with Crippen LogP contribution in [0.15, 0.2) is 51.5 Å². The quantitative estimate of drug-likeness (QED) is 0.888. The second kappa shape index (κ2) is 5.42. The zero-order valence-electron chi connectivity index (χ0n) is 8.65. The number of nitrogens with one attached hydrogen (secondary N) is 1. The highest BCUT2D eigenvalue weighted by Gasteiger charge is 2.10. The molecule has 1 heterocycles. The van der Waals surface area contributed by atoms with Crippen LogP contribution in [0.3, 0.4) is 0 Å². The Labute approximate surface area is 116 Å². The molecule has 2 rings (SSSR count). The average molecular weight is 356 g/mol. The van der Waals surface area contributed by atoms with Gasteiger partial charge in [-0.2, -0.15) is 0 Å². The maximum atomic E-state index is 11.9. The standard InChI is InChI=1S/C12H8Br2N2O/c13-8-4-5-9(10(14)7-8)12(17)16-11-3-1-2-6-15-11/h1-7H,(H,15,16,17). The third kappa shape index (κ3) is 3.14. The molecule has 0 aliphatic rings. The molecule has 0 aliphatic carbocycles. The van der Waals surface area contributed by atoms with E-state index in [0.29, 0.717) is 11.4 Å². The average Bonchev–Trinajstić information content (AvgIpc) is 2.30. The molecule has 5 heteroatoms. The van der Waals surface area contributed by atoms with Gasteiger partial charge in [0.25, 0.3) is 5.91 Å². The third-order valence-corrected chi connectivity index (χ3v) is 3.23. The third-order valence-electron chi connectivity index (χ3n) is 2.08. The molecule has 0 unspecified atom stereocenters. The Morgan fingerprint density at radius 1 is 1.18 bits per heavy atom. The highest BCUT2D eigenvalue weighted by atomic mass is 79.9. The Balaban J connectivity index is 2.21. The highest BCUT2D eigenvalue weighted by Crippen LogP contribution is 2.22. The number of hydrogen-bond acceptors (Lipinski definition) is 2. The first-order valence-electron chi connectivity index (χ1n) is 4.84. The molecule has 17 heavy (non-hydrogen) atoms. The number of benzene rings is 1. The molecule has 0 aliphatic heterocycles. The summed E-state index contributed by atoms with van der Waals surface area (Å²) in [6.45, 7) is 0. The fourth-order valence-corrected chi connectivity index (χ4v) is 2.52. The highest BCUT2D eigenvalue weighted by molar-refractivity contribution is 9.11. The van der Waals surface area contributed by atoms with Crippen LogP contribution >= 0.6 is 31.9 Å². The monoisotopic (exact) mass is 354 g/mol. The van der Waals surface area contributed by atoms with E-state index in [1.165, 1.54) is 0 Å². The molecule has 0 saturated carbocycles. The van der Waals surface area contributed by atoms with Crippen LogP contribution in [0.1, 0.15) is 10.4 Å². The van der Waals surface area contributed by atoms with E-state index in [0.717, 1.165) is 8.95 Å². The molecular weight excluding hydrogens is 348 g/mol. The second-order valence-electron chi connectivity index (χ2n) is 3.29. The molecule has 0 bridgehead atoms. The number of halogens is 2. The zero-order valence-corrected chi connectivity index (χ0v) is 11.8. The van der Waals surface area contributed by atoms with Crippen molar-refractivity contribution < 1.29 is 4.79 Å². The van der Waals surface area contributed by atoms with Gasteiger partial charge in [-0.05, 0) is 46.3 Å². The van der Waals surface area contributed by atoms with Crippen molar-refractivity contribution in [3.8, 4) is 0 Å². The van der Waals surface area contributed by atoms with E-state index in [9.17, 15) is 4.79 Å². The summed E-state index contributed by atoms with van der Waals surface area (Å²) in [5, 5.41) is 2.72. The summed E-state index contributed by atoms with van der Waals surface area (Å²) < 4.78 is 1.65. The normalized spacial score (nSPS) is 10.0. The summed E-state index contributed by atoms with van der Waals surface area (Å²) >= 11 is 6.69. The van der Waals surface area contributed by atoms with Crippen LogP contribution in [0.2, 0.25) is 0 Å². The number of carbonyl (C=O) groups is 1. The number of hydrogen-bond donors (Lipinski definition) is 1. The van der Waals surface area contributed by atoms with Crippen molar-refractivity contribution in [1.29, 1.82) is 0 Å². The van der Waals surface area contributed by atoms with Crippen molar-refractivity contribution in [3.63, 3.8) is 0 Å². The fraction of sp³-hybridized carbons (Fsp3) is 0. The minimum atomic E-state index is -0.192. The van der Waals surface area contributed by atoms with Crippen LogP contribution < -0.4 is 5.32 Å². The molecule has 1 amide bonds. The lowest BCUT2D eigenvalue weighted by molar-refractivity contribution is 0.102. The Kier molecular flexibility index (Phi) is 3.91. The largest absolute Gasteiger partial charge is 0.307 e. The van der Waals surface area contributed by atoms with Crippen LogP contribution in [-0.2, 0) is 0 Å². The van der Waals surface area contributed by atoms with Crippen molar-refractivity contribution in [3.05, 3.63) is 57.1 Å². The minimum absolute atomic E-state index is 0.192. The molecule has 0 atom stereocenters. The predicted molar refractivity (Wildman–Crippen MR) is 74.0 cm³/mol. The van der Waals surface area contributed by atoms with E-state index in [-0.39, 0.29) is 5.91 Å². The van der Waals surface area contributed by atoms with Crippen molar-refractivity contribution >= 4 is 43.6 Å². The Bertz CT molecular complexity index is 543. The van der Waals surface area contributed by atoms with Gasteiger partial charge in [-0.25, -0.2) is 4.98 Å². The summed E-state index contributed by atoms with van der Waals surface area (Å²) in [4.78, 5) is 16.0. The molecule has 0 radical (unpaired) electrons. The molecule has 0 spiro atoms. The maximum absolute atomic E-state index is 11.9. The smallest absolute Gasteiger partial charge is 0.257 e. The molecule has 0 fully saturated rings. The summed E-state index contributed by atoms with van der Waals surface area (Å²) in [6.07, 6.45) is 1.63. The molecule has 0 saturated heterocycles. The number of amides is 1. The van der Waals surface area contributed by atoms with Gasteiger partial charge in [0, 0.05) is 15.1 Å². The SMILES string of the molecule is O=C(Nc1ccccn1)c1ccc(Br)cc1Br. The van der Waals surface area contributed by atoms with Crippen molar-refractivity contribution in [2.45, 2.75) is 0 Å². The number of carbonyl (C=O) groups excluding carboxylic acids is 1. The van der Waals surface area contributed by atoms with E-state index in [1.807, 2.05) is 18.2 Å². The van der Waals surface area contributed by atoms with E-state index >= 15 is 0 Å². The van der Waals surface area contributed by atoms with Crippen LogP contribution in [-0.4, -0.2) is 10.9 Å². The number of anilines is 1. The van der Waals surface area contributed by atoms with Crippen molar-refractivity contribution in [2.75, 3.05) is 5.32 Å². The van der Waals surface area contributed by atoms with Gasteiger partial charge >= 0.3 is 0 Å². The van der Waals surface area contributed by atoms with Gasteiger partial charge in [0.2, 0.25) is 0 Å². The van der Waals surface area contributed by atoms with Gasteiger partial charge in [0.1, 0.15) is 5.82 Å². The van der Waals surface area contributed by atoms with Crippen molar-refractivity contribution in [2.24, 2.45) is 0 Å². The molecule has 1 aromatic heterocycles. The first-order chi connectivity index (χ1) is 8.16. The summed E-state index contributed by atoms with van der Waals surface area (Å²) in [5.74, 6) is 0.343. The predicted octanol–water partition coefficient (Wildman–Crippen LogP) is 3.86. The Morgan fingerprint density at radius 3 is 2.65 bits per heavy atom. The first-order valence-corrected chi connectivity index (χ1v) is 6.43. The van der Waals surface area contributed by atoms with E-state index in [1.54, 1.807) is 24.4 Å². The first kappa shape index (κ1) is 12.3. The summed E-state index contributed by atoms with van der Waals surface area (Å²) in [5.41, 5.74) is 0.568. The lowest BCUT2D eigenvalue weighted by atomic mass is 10.2. The van der Waals surface area contributed by atoms with Crippen LogP contribution in [0.25, 0.3) is 0 Å². The van der Waals surface area contributed by atoms with Gasteiger partial charge in [0.05, 0.1) is 5.56 Å². The molecule has 1 aromatic carbocycles. The molecule has 1 N–H and O–H groups in total. The van der Waals surface area contributed by atoms with Gasteiger partial charge in [-0.3, -0.25) is 4.79 Å². The van der Waals surface area contributed by atoms with E-state index in [2.05, 4.69) is 42.2 Å². The molecule has 3 nitrogen and oxygen atoms in total. The maximum Gasteiger partial charge on any atom is 0.257 e. The lowest BCUT2D eigenvalue weighted by Crippen LogP contribution is -2.13. The van der Waals surface area contributed by atoms with Gasteiger partial charge in [-0.1, -0.05) is 22.0 Å². The molecule has 86 valence electrons. The number of rotatable bonds is 2. The van der Waals surface area contributed by atoms with Gasteiger partial charge < -0.3 is 5.32 Å². The van der Waals surface area contributed by atoms with Crippen LogP contribution in [0.4, 0.5) is 5.82 Å². The molecular formula is C12H8Br2N2O. The Morgan fingerprint density at radius 2 is 2.00 bits per heavy atom. The second-order valence-corrected chi connectivity index (χ2v) is 5.06. The number of nitrogens with zero attached hydrogens (tertiary/aromatic N) is 1. The Hall–Kier alpha value is -1.20. The van der Waals surface area contributed by atoms with Gasteiger partial charge in [-0.15, -0.1) is 0 Å². The number of pyridine rings is 1. The summed E-state index contributed by atoms with van der Waals surface area (Å²) in [7, 11) is 0. The molecule has 2 aromatic rings. The van der Waals surface area contributed by atoms with Crippen molar-refractivity contribution in [1.82, 2.24) is 4.98 Å². The van der Waals surface area contributed by atoms with E-state index < -0.39 is 0 Å². The summed E-state index contributed by atoms with van der Waals surface area (Å²) in [6, 6.07) is 10.7. The van der Waals surface area contributed by atoms with Crippen LogP contribution in [0, 0.1) is 0 Å². The van der Waals surface area contributed by atoms with Gasteiger partial charge in [0.15, 0.2) is 0 Å². The number of aromatic nitrogens is 1. The minimum Gasteiger partial charge on any atom is -0.307 e. The topological polar surface area (TPSA) is 42.0 Å². The fourth-order valence-electron chi connectivity index (χ4n) is 1.29. The zero-order chi connectivity index (χ0) is 12.3. The van der Waals surface area contributed by atoms with E-state index in [4.69, 9.17) is 0 Å². The lowest BCUT2D eigenvalue weighted by Gasteiger charge is -2.06. The van der Waals surface area contributed by atoms with Crippen LogP contribution in [0.5, 0.6) is 0 Å².